The van der Waals surface area contributed by atoms with Crippen LogP contribution in [0.15, 0.2) is 60.3 Å². The SMILES string of the molecule is C=C1C[C@H](C)C[C@@H]2CC=C[C@@H](C/C=C\C(=O)O[C@H]3C[C@@H](O[C@H]3/C=C/[C@@H]3CC(C)=C[C@H](O)O3)[C@@H](O)[C@@H](O)C1)O2. The van der Waals surface area contributed by atoms with Gasteiger partial charge in [0.25, 0.3) is 0 Å². The Morgan fingerprint density at radius 3 is 2.58 bits per heavy atom. The lowest BCUT2D eigenvalue weighted by atomic mass is 9.90. The van der Waals surface area contributed by atoms with Gasteiger partial charge in [-0.2, -0.15) is 0 Å². The summed E-state index contributed by atoms with van der Waals surface area (Å²) in [5.41, 5.74) is 1.88. The smallest absolute Gasteiger partial charge is 0.330 e. The molecule has 4 bridgehead atoms. The summed E-state index contributed by atoms with van der Waals surface area (Å²) in [6.45, 7) is 8.21. The monoisotopic (exact) mass is 530 g/mol. The molecule has 4 aliphatic rings. The summed E-state index contributed by atoms with van der Waals surface area (Å²) in [6, 6.07) is 0. The van der Waals surface area contributed by atoms with E-state index in [9.17, 15) is 20.1 Å². The molecule has 38 heavy (non-hydrogen) atoms. The fraction of sp³-hybridized carbons (Fsp3) is 0.633. The van der Waals surface area contributed by atoms with E-state index in [1.807, 2.05) is 13.0 Å². The van der Waals surface area contributed by atoms with Gasteiger partial charge >= 0.3 is 5.97 Å². The minimum atomic E-state index is -1.17. The van der Waals surface area contributed by atoms with Crippen LogP contribution in [0.5, 0.6) is 0 Å². The molecular weight excluding hydrogens is 488 g/mol. The van der Waals surface area contributed by atoms with E-state index < -0.39 is 42.8 Å². The molecule has 0 aromatic heterocycles. The van der Waals surface area contributed by atoms with E-state index in [0.717, 1.165) is 30.4 Å². The highest BCUT2D eigenvalue weighted by Crippen LogP contribution is 2.31. The summed E-state index contributed by atoms with van der Waals surface area (Å²) >= 11 is 0. The first-order valence-corrected chi connectivity index (χ1v) is 13.7. The average molecular weight is 531 g/mol. The number of hydrogen-bond acceptors (Lipinski definition) is 8. The van der Waals surface area contributed by atoms with Gasteiger partial charge in [-0.1, -0.05) is 55.0 Å². The van der Waals surface area contributed by atoms with Crippen molar-refractivity contribution in [1.82, 2.24) is 0 Å². The molecule has 0 spiro atoms. The zero-order valence-corrected chi connectivity index (χ0v) is 22.4. The molecule has 10 atom stereocenters. The third-order valence-electron chi connectivity index (χ3n) is 7.53. The predicted molar refractivity (Wildman–Crippen MR) is 142 cm³/mol. The van der Waals surface area contributed by atoms with Crippen LogP contribution in [0.25, 0.3) is 0 Å². The molecule has 4 aliphatic heterocycles. The van der Waals surface area contributed by atoms with Crippen LogP contribution in [-0.4, -0.2) is 76.4 Å². The first-order valence-electron chi connectivity index (χ1n) is 13.7. The van der Waals surface area contributed by atoms with Crippen molar-refractivity contribution >= 4 is 5.97 Å². The van der Waals surface area contributed by atoms with Crippen molar-refractivity contribution in [2.75, 3.05) is 0 Å². The second kappa shape index (κ2) is 13.3. The van der Waals surface area contributed by atoms with E-state index in [-0.39, 0.29) is 31.2 Å². The highest BCUT2D eigenvalue weighted by atomic mass is 16.6. The highest BCUT2D eigenvalue weighted by Gasteiger charge is 2.42. The van der Waals surface area contributed by atoms with E-state index >= 15 is 0 Å². The molecule has 8 heteroatoms. The van der Waals surface area contributed by atoms with Crippen molar-refractivity contribution in [1.29, 1.82) is 0 Å². The zero-order chi connectivity index (χ0) is 27.2. The molecule has 0 unspecified atom stereocenters. The number of hydrogen-bond donors (Lipinski definition) is 3. The number of esters is 1. The molecule has 1 fully saturated rings. The first-order chi connectivity index (χ1) is 18.2. The molecular formula is C30H42O8. The number of fused-ring (bicyclic) bond motifs is 4. The van der Waals surface area contributed by atoms with Crippen LogP contribution in [0.1, 0.15) is 58.8 Å². The summed E-state index contributed by atoms with van der Waals surface area (Å²) in [7, 11) is 0. The van der Waals surface area contributed by atoms with E-state index in [2.05, 4.69) is 19.6 Å². The van der Waals surface area contributed by atoms with Gasteiger partial charge in [-0.25, -0.2) is 4.79 Å². The van der Waals surface area contributed by atoms with Crippen molar-refractivity contribution in [3.8, 4) is 0 Å². The Labute approximate surface area is 225 Å². The van der Waals surface area contributed by atoms with E-state index in [1.54, 1.807) is 24.3 Å². The van der Waals surface area contributed by atoms with E-state index in [1.165, 1.54) is 6.08 Å². The van der Waals surface area contributed by atoms with Crippen molar-refractivity contribution in [2.24, 2.45) is 5.92 Å². The maximum atomic E-state index is 12.7. The summed E-state index contributed by atoms with van der Waals surface area (Å²) in [4.78, 5) is 12.7. The van der Waals surface area contributed by atoms with Crippen molar-refractivity contribution in [3.63, 3.8) is 0 Å². The van der Waals surface area contributed by atoms with E-state index in [4.69, 9.17) is 18.9 Å². The molecule has 0 aromatic rings. The van der Waals surface area contributed by atoms with Crippen molar-refractivity contribution in [3.05, 3.63) is 60.3 Å². The minimum absolute atomic E-state index is 0.0906. The van der Waals surface area contributed by atoms with Gasteiger partial charge in [0.05, 0.1) is 30.5 Å². The van der Waals surface area contributed by atoms with E-state index in [0.29, 0.717) is 18.8 Å². The number of ether oxygens (including phenoxy) is 4. The van der Waals surface area contributed by atoms with Crippen LogP contribution in [0.3, 0.4) is 0 Å². The summed E-state index contributed by atoms with van der Waals surface area (Å²) in [6.07, 6.45) is 11.1. The Morgan fingerprint density at radius 2 is 1.79 bits per heavy atom. The highest BCUT2D eigenvalue weighted by molar-refractivity contribution is 5.82. The molecule has 4 rings (SSSR count). The second-order valence-corrected chi connectivity index (χ2v) is 11.2. The third kappa shape index (κ3) is 8.21. The number of carbonyl (C=O) groups is 1. The Balaban J connectivity index is 1.49. The van der Waals surface area contributed by atoms with Crippen molar-refractivity contribution < 1.29 is 39.1 Å². The van der Waals surface area contributed by atoms with Crippen LogP contribution in [0.4, 0.5) is 0 Å². The van der Waals surface area contributed by atoms with Gasteiger partial charge in [-0.05, 0) is 57.4 Å². The molecule has 8 nitrogen and oxygen atoms in total. The molecule has 3 N–H and O–H groups in total. The average Bonchev–Trinajstić information content (AvgIpc) is 3.23. The number of rotatable bonds is 2. The lowest BCUT2D eigenvalue weighted by molar-refractivity contribution is -0.144. The van der Waals surface area contributed by atoms with Gasteiger partial charge in [0.15, 0.2) is 6.29 Å². The fourth-order valence-corrected chi connectivity index (χ4v) is 5.73. The van der Waals surface area contributed by atoms with Gasteiger partial charge in [-0.15, -0.1) is 0 Å². The summed E-state index contributed by atoms with van der Waals surface area (Å²) in [5, 5.41) is 31.6. The molecule has 0 aromatic carbocycles. The van der Waals surface area contributed by atoms with Gasteiger partial charge < -0.3 is 34.3 Å². The Hall–Kier alpha value is -2.07. The summed E-state index contributed by atoms with van der Waals surface area (Å²) < 4.78 is 23.6. The third-order valence-corrected chi connectivity index (χ3v) is 7.53. The standard InChI is InChI=1S/C30H42O8/c1-18-12-19(2)15-24(31)30(34)27-17-26(25(37-27)11-10-23-14-20(3)16-29(33)36-23)38-28(32)9-5-7-21-6-4-8-22(13-18)35-21/h4-6,9-11,16,18,21-27,29-31,33-34H,2,7-8,12-15,17H2,1,3H3/b9-5-,11-10+/t18-,21-,22-,23+,24-,25-,26-,27+,29+,30-/m0/s1. The number of carbonyl (C=O) groups excluding carboxylic acids is 1. The van der Waals surface area contributed by atoms with Gasteiger partial charge in [0.2, 0.25) is 0 Å². The predicted octanol–water partition coefficient (Wildman–Crippen LogP) is 3.42. The van der Waals surface area contributed by atoms with Crippen LogP contribution >= 0.6 is 0 Å². The maximum absolute atomic E-state index is 12.7. The number of aliphatic hydroxyl groups is 3. The zero-order valence-electron chi connectivity index (χ0n) is 22.4. The van der Waals surface area contributed by atoms with Gasteiger partial charge in [0, 0.05) is 12.5 Å². The molecule has 210 valence electrons. The topological polar surface area (TPSA) is 115 Å². The normalized spacial score (nSPS) is 42.3. The second-order valence-electron chi connectivity index (χ2n) is 11.2. The Bertz CT molecular complexity index is 952. The molecule has 4 heterocycles. The molecule has 0 amide bonds. The van der Waals surface area contributed by atoms with Gasteiger partial charge in [-0.3, -0.25) is 0 Å². The maximum Gasteiger partial charge on any atom is 0.330 e. The molecule has 1 saturated heterocycles. The summed E-state index contributed by atoms with van der Waals surface area (Å²) in [5.74, 6) is -0.190. The lowest BCUT2D eigenvalue weighted by Gasteiger charge is -2.28. The quantitative estimate of drug-likeness (QED) is 0.368. The first kappa shape index (κ1) is 28.9. The molecule has 0 saturated carbocycles. The molecule has 0 aliphatic carbocycles. The van der Waals surface area contributed by atoms with Crippen LogP contribution in [0.2, 0.25) is 0 Å². The van der Waals surface area contributed by atoms with Crippen molar-refractivity contribution in [2.45, 2.75) is 114 Å². The number of aliphatic hydroxyl groups excluding tert-OH is 3. The van der Waals surface area contributed by atoms with Gasteiger partial charge in [0.1, 0.15) is 18.3 Å². The lowest BCUT2D eigenvalue weighted by Crippen LogP contribution is -2.37. The fourth-order valence-electron chi connectivity index (χ4n) is 5.73. The Morgan fingerprint density at radius 1 is 0.974 bits per heavy atom. The molecule has 0 radical (unpaired) electrons. The van der Waals surface area contributed by atoms with Crippen LogP contribution < -0.4 is 0 Å². The largest absolute Gasteiger partial charge is 0.456 e. The van der Waals surface area contributed by atoms with Crippen LogP contribution in [0, 0.1) is 5.92 Å². The Kier molecular flexibility index (Phi) is 10.1. The minimum Gasteiger partial charge on any atom is -0.456 e. The van der Waals surface area contributed by atoms with Crippen LogP contribution in [-0.2, 0) is 23.7 Å².